The van der Waals surface area contributed by atoms with Crippen molar-refractivity contribution in [2.45, 2.75) is 50.3 Å². The topological polar surface area (TPSA) is 21.3 Å². The van der Waals surface area contributed by atoms with Crippen LogP contribution in [0, 0.1) is 5.92 Å². The maximum Gasteiger partial charge on any atom is 0.0506 e. The molecule has 0 radical (unpaired) electrons. The minimum Gasteiger partial charge on any atom is -0.381 e. The van der Waals surface area contributed by atoms with Crippen LogP contribution in [0.1, 0.15) is 39.0 Å². The lowest BCUT2D eigenvalue weighted by Gasteiger charge is -2.26. The second kappa shape index (κ2) is 6.87. The van der Waals surface area contributed by atoms with Gasteiger partial charge in [-0.3, -0.25) is 0 Å². The number of hydrogen-bond acceptors (Lipinski definition) is 3. The molecule has 1 aliphatic carbocycles. The first-order valence-electron chi connectivity index (χ1n) is 6.83. The molecule has 2 aliphatic rings. The second-order valence-electron chi connectivity index (χ2n) is 5.02. The van der Waals surface area contributed by atoms with Gasteiger partial charge in [-0.1, -0.05) is 13.3 Å². The van der Waals surface area contributed by atoms with E-state index in [-0.39, 0.29) is 0 Å². The molecule has 94 valence electrons. The van der Waals surface area contributed by atoms with Crippen molar-refractivity contribution < 1.29 is 4.74 Å². The molecule has 3 atom stereocenters. The van der Waals surface area contributed by atoms with Gasteiger partial charge in [0.25, 0.3) is 0 Å². The largest absolute Gasteiger partial charge is 0.381 e. The smallest absolute Gasteiger partial charge is 0.0506 e. The molecule has 1 aliphatic heterocycles. The standard InChI is InChI=1S/C13H25NOS/c1-2-16-13-7-3-6-12(13)14-9-11-5-4-8-15-10-11/h11-14H,2-10H2,1H3. The molecule has 3 heteroatoms. The number of ether oxygens (including phenoxy) is 1. The molecule has 1 saturated carbocycles. The molecule has 2 rings (SSSR count). The molecule has 1 heterocycles. The third-order valence-corrected chi connectivity index (χ3v) is 5.08. The Bertz CT molecular complexity index is 194. The van der Waals surface area contributed by atoms with Gasteiger partial charge in [0.15, 0.2) is 0 Å². The van der Waals surface area contributed by atoms with E-state index >= 15 is 0 Å². The highest BCUT2D eigenvalue weighted by atomic mass is 32.2. The Morgan fingerprint density at radius 2 is 2.19 bits per heavy atom. The van der Waals surface area contributed by atoms with E-state index in [1.165, 1.54) is 44.4 Å². The van der Waals surface area contributed by atoms with Crippen molar-refractivity contribution in [3.63, 3.8) is 0 Å². The van der Waals surface area contributed by atoms with Gasteiger partial charge in [-0.15, -0.1) is 0 Å². The van der Waals surface area contributed by atoms with E-state index in [1.54, 1.807) is 0 Å². The molecule has 1 N–H and O–H groups in total. The fourth-order valence-electron chi connectivity index (χ4n) is 2.86. The van der Waals surface area contributed by atoms with Gasteiger partial charge in [0, 0.05) is 24.4 Å². The van der Waals surface area contributed by atoms with E-state index in [0.717, 1.165) is 30.4 Å². The molecule has 0 spiro atoms. The minimum absolute atomic E-state index is 0.765. The highest BCUT2D eigenvalue weighted by molar-refractivity contribution is 7.99. The summed E-state index contributed by atoms with van der Waals surface area (Å²) in [6.07, 6.45) is 6.81. The normalized spacial score (nSPS) is 35.4. The van der Waals surface area contributed by atoms with E-state index in [2.05, 4.69) is 24.0 Å². The monoisotopic (exact) mass is 243 g/mol. The zero-order chi connectivity index (χ0) is 11.2. The van der Waals surface area contributed by atoms with Crippen LogP contribution in [0.2, 0.25) is 0 Å². The Hall–Kier alpha value is 0.270. The summed E-state index contributed by atoms with van der Waals surface area (Å²) in [4.78, 5) is 0. The van der Waals surface area contributed by atoms with Gasteiger partial charge in [-0.2, -0.15) is 11.8 Å². The van der Waals surface area contributed by atoms with E-state index in [9.17, 15) is 0 Å². The Kier molecular flexibility index (Phi) is 5.46. The Labute approximate surface area is 104 Å². The fraction of sp³-hybridized carbons (Fsp3) is 1.00. The number of nitrogens with one attached hydrogen (secondary N) is 1. The predicted octanol–water partition coefficient (Wildman–Crippen LogP) is 2.68. The van der Waals surface area contributed by atoms with E-state index < -0.39 is 0 Å². The van der Waals surface area contributed by atoms with Crippen LogP contribution in [0.25, 0.3) is 0 Å². The van der Waals surface area contributed by atoms with Gasteiger partial charge in [0.2, 0.25) is 0 Å². The third-order valence-electron chi connectivity index (χ3n) is 3.76. The van der Waals surface area contributed by atoms with E-state index in [1.807, 2.05) is 0 Å². The lowest BCUT2D eigenvalue weighted by atomic mass is 10.0. The van der Waals surface area contributed by atoms with Crippen LogP contribution in [0.15, 0.2) is 0 Å². The number of hydrogen-bond donors (Lipinski definition) is 1. The van der Waals surface area contributed by atoms with Gasteiger partial charge in [-0.25, -0.2) is 0 Å². The fourth-order valence-corrected chi connectivity index (χ4v) is 4.09. The molecule has 2 nitrogen and oxygen atoms in total. The van der Waals surface area contributed by atoms with Crippen molar-refractivity contribution in [2.24, 2.45) is 5.92 Å². The number of rotatable bonds is 5. The maximum absolute atomic E-state index is 5.53. The van der Waals surface area contributed by atoms with Crippen LogP contribution in [-0.4, -0.2) is 36.8 Å². The van der Waals surface area contributed by atoms with Crippen molar-refractivity contribution in [3.05, 3.63) is 0 Å². The Balaban J connectivity index is 1.67. The minimum atomic E-state index is 0.765. The van der Waals surface area contributed by atoms with E-state index in [0.29, 0.717) is 0 Å². The molecular formula is C13H25NOS. The van der Waals surface area contributed by atoms with Crippen LogP contribution in [0.4, 0.5) is 0 Å². The summed E-state index contributed by atoms with van der Waals surface area (Å²) in [6, 6.07) is 0.770. The van der Waals surface area contributed by atoms with Gasteiger partial charge in [-0.05, 0) is 37.4 Å². The zero-order valence-corrected chi connectivity index (χ0v) is 11.2. The first kappa shape index (κ1) is 12.7. The first-order valence-corrected chi connectivity index (χ1v) is 7.87. The summed E-state index contributed by atoms with van der Waals surface area (Å²) in [5.41, 5.74) is 0. The van der Waals surface area contributed by atoms with Crippen molar-refractivity contribution in [1.82, 2.24) is 5.32 Å². The molecule has 0 aromatic rings. The van der Waals surface area contributed by atoms with Gasteiger partial charge >= 0.3 is 0 Å². The quantitative estimate of drug-likeness (QED) is 0.802. The molecule has 16 heavy (non-hydrogen) atoms. The molecule has 1 saturated heterocycles. The lowest BCUT2D eigenvalue weighted by Crippen LogP contribution is -2.39. The molecule has 2 fully saturated rings. The van der Waals surface area contributed by atoms with Gasteiger partial charge in [0.05, 0.1) is 6.61 Å². The van der Waals surface area contributed by atoms with Gasteiger partial charge in [0.1, 0.15) is 0 Å². The molecule has 0 aromatic carbocycles. The average Bonchev–Trinajstić information content (AvgIpc) is 2.76. The molecular weight excluding hydrogens is 218 g/mol. The molecule has 0 bridgehead atoms. The van der Waals surface area contributed by atoms with Crippen molar-refractivity contribution >= 4 is 11.8 Å². The summed E-state index contributed by atoms with van der Waals surface area (Å²) >= 11 is 2.14. The SMILES string of the molecule is CCSC1CCCC1NCC1CCCOC1. The molecule has 0 aromatic heterocycles. The summed E-state index contributed by atoms with van der Waals surface area (Å²) in [7, 11) is 0. The summed E-state index contributed by atoms with van der Waals surface area (Å²) in [6.45, 7) is 5.40. The molecule has 3 unspecified atom stereocenters. The summed E-state index contributed by atoms with van der Waals surface area (Å²) in [5.74, 6) is 2.02. The van der Waals surface area contributed by atoms with Gasteiger partial charge < -0.3 is 10.1 Å². The Morgan fingerprint density at radius 1 is 1.25 bits per heavy atom. The van der Waals surface area contributed by atoms with Crippen LogP contribution >= 0.6 is 11.8 Å². The summed E-state index contributed by atoms with van der Waals surface area (Å²) < 4.78 is 5.53. The first-order chi connectivity index (χ1) is 7.90. The molecule has 0 amide bonds. The average molecular weight is 243 g/mol. The van der Waals surface area contributed by atoms with Crippen LogP contribution in [0.3, 0.4) is 0 Å². The van der Waals surface area contributed by atoms with Crippen molar-refractivity contribution in [3.8, 4) is 0 Å². The Morgan fingerprint density at radius 3 is 2.94 bits per heavy atom. The zero-order valence-electron chi connectivity index (χ0n) is 10.4. The predicted molar refractivity (Wildman–Crippen MR) is 71.1 cm³/mol. The lowest BCUT2D eigenvalue weighted by molar-refractivity contribution is 0.0539. The highest BCUT2D eigenvalue weighted by Gasteiger charge is 2.27. The van der Waals surface area contributed by atoms with E-state index in [4.69, 9.17) is 4.74 Å². The number of thioether (sulfide) groups is 1. The van der Waals surface area contributed by atoms with Crippen LogP contribution in [0.5, 0.6) is 0 Å². The maximum atomic E-state index is 5.53. The highest BCUT2D eigenvalue weighted by Crippen LogP contribution is 2.30. The second-order valence-corrected chi connectivity index (χ2v) is 6.54. The van der Waals surface area contributed by atoms with Crippen LogP contribution < -0.4 is 5.32 Å². The van der Waals surface area contributed by atoms with Crippen molar-refractivity contribution in [1.29, 1.82) is 0 Å². The third kappa shape index (κ3) is 3.64. The van der Waals surface area contributed by atoms with Crippen LogP contribution in [-0.2, 0) is 4.74 Å². The summed E-state index contributed by atoms with van der Waals surface area (Å²) in [5, 5.41) is 4.66. The van der Waals surface area contributed by atoms with Crippen molar-refractivity contribution in [2.75, 3.05) is 25.5 Å².